The minimum atomic E-state index is -0.144. The van der Waals surface area contributed by atoms with E-state index in [0.29, 0.717) is 17.1 Å². The first kappa shape index (κ1) is 15.1. The summed E-state index contributed by atoms with van der Waals surface area (Å²) in [6.07, 6.45) is 1.71. The van der Waals surface area contributed by atoms with Crippen molar-refractivity contribution in [3.8, 4) is 17.2 Å². The number of ether oxygens (including phenoxy) is 4. The molecule has 0 fully saturated rings. The highest BCUT2D eigenvalue weighted by Crippen LogP contribution is 2.34. The van der Waals surface area contributed by atoms with E-state index in [9.17, 15) is 4.79 Å². The van der Waals surface area contributed by atoms with Gasteiger partial charge in [0.2, 0.25) is 5.78 Å². The molecule has 0 radical (unpaired) electrons. The van der Waals surface area contributed by atoms with Crippen LogP contribution in [-0.2, 0) is 4.74 Å². The molecule has 0 spiro atoms. The van der Waals surface area contributed by atoms with Gasteiger partial charge in [-0.1, -0.05) is 12.1 Å². The Balaban J connectivity index is 1.82. The van der Waals surface area contributed by atoms with Gasteiger partial charge in [-0.2, -0.15) is 0 Å². The second-order valence-corrected chi connectivity index (χ2v) is 4.92. The van der Waals surface area contributed by atoms with Crippen LogP contribution < -0.4 is 14.2 Å². The van der Waals surface area contributed by atoms with Crippen LogP contribution in [0.4, 0.5) is 0 Å². The predicted octanol–water partition coefficient (Wildman–Crippen LogP) is 3.29. The summed E-state index contributed by atoms with van der Waals surface area (Å²) in [4.78, 5) is 12.4. The molecule has 0 amide bonds. The van der Waals surface area contributed by atoms with Crippen molar-refractivity contribution >= 4 is 11.9 Å². The third-order valence-electron chi connectivity index (χ3n) is 3.40. The Labute approximate surface area is 134 Å². The molecule has 1 heterocycles. The zero-order chi connectivity index (χ0) is 16.2. The van der Waals surface area contributed by atoms with Gasteiger partial charge in [-0.05, 0) is 35.9 Å². The summed E-state index contributed by atoms with van der Waals surface area (Å²) >= 11 is 0. The van der Waals surface area contributed by atoms with Gasteiger partial charge in [-0.3, -0.25) is 4.79 Å². The van der Waals surface area contributed by atoms with Crippen molar-refractivity contribution in [3.63, 3.8) is 0 Å². The van der Waals surface area contributed by atoms with E-state index >= 15 is 0 Å². The number of fused-ring (bicyclic) bond motifs is 1. The maximum atomic E-state index is 12.4. The topological polar surface area (TPSA) is 54.0 Å². The molecule has 2 aromatic rings. The first-order valence-corrected chi connectivity index (χ1v) is 7.05. The minimum Gasteiger partial charge on any atom is -0.497 e. The highest BCUT2D eigenvalue weighted by molar-refractivity contribution is 6.14. The number of hydrogen-bond acceptors (Lipinski definition) is 5. The van der Waals surface area contributed by atoms with Crippen LogP contribution in [0.3, 0.4) is 0 Å². The van der Waals surface area contributed by atoms with Crippen LogP contribution in [0.2, 0.25) is 0 Å². The van der Waals surface area contributed by atoms with Crippen LogP contribution in [-0.4, -0.2) is 26.8 Å². The quantitative estimate of drug-likeness (QED) is 0.626. The molecule has 118 valence electrons. The molecule has 0 saturated carbocycles. The number of carbonyl (C=O) groups excluding carboxylic acids is 1. The lowest BCUT2D eigenvalue weighted by molar-refractivity contribution is 0.0510. The van der Waals surface area contributed by atoms with Gasteiger partial charge in [-0.15, -0.1) is 0 Å². The second-order valence-electron chi connectivity index (χ2n) is 4.92. The van der Waals surface area contributed by atoms with Gasteiger partial charge in [-0.25, -0.2) is 0 Å². The normalized spacial score (nSPS) is 14.5. The van der Waals surface area contributed by atoms with Gasteiger partial charge in [0.25, 0.3) is 0 Å². The third kappa shape index (κ3) is 3.19. The molecule has 5 nitrogen and oxygen atoms in total. The Morgan fingerprint density at radius 1 is 1.04 bits per heavy atom. The predicted molar refractivity (Wildman–Crippen MR) is 84.9 cm³/mol. The van der Waals surface area contributed by atoms with Crippen LogP contribution in [0.25, 0.3) is 6.08 Å². The smallest absolute Gasteiger partial charge is 0.231 e. The van der Waals surface area contributed by atoms with E-state index in [-0.39, 0.29) is 18.3 Å². The highest BCUT2D eigenvalue weighted by Gasteiger charge is 2.27. The molecule has 3 rings (SSSR count). The summed E-state index contributed by atoms with van der Waals surface area (Å²) in [6, 6.07) is 12.5. The van der Waals surface area contributed by atoms with Gasteiger partial charge < -0.3 is 18.9 Å². The molecule has 5 heteroatoms. The Bertz CT molecular complexity index is 747. The summed E-state index contributed by atoms with van der Waals surface area (Å²) in [5, 5.41) is 0. The zero-order valence-electron chi connectivity index (χ0n) is 12.9. The average Bonchev–Trinajstić information content (AvgIpc) is 2.89. The second kappa shape index (κ2) is 6.54. The van der Waals surface area contributed by atoms with Crippen molar-refractivity contribution in [2.45, 2.75) is 0 Å². The highest BCUT2D eigenvalue weighted by atomic mass is 16.7. The first-order valence-electron chi connectivity index (χ1n) is 7.05. The SMILES string of the molecule is COCOc1ccc2c(c1)O/C(=C\c1ccc(OC)cc1)C2=O. The fourth-order valence-electron chi connectivity index (χ4n) is 2.24. The first-order chi connectivity index (χ1) is 11.2. The number of methoxy groups -OCH3 is 2. The van der Waals surface area contributed by atoms with Gasteiger partial charge in [0.1, 0.15) is 17.2 Å². The van der Waals surface area contributed by atoms with E-state index in [1.54, 1.807) is 38.5 Å². The number of Topliss-reactive ketones (excluding diaryl/α,β-unsaturated/α-hetero) is 1. The maximum Gasteiger partial charge on any atom is 0.231 e. The molecular formula is C18H16O5. The molecule has 0 unspecified atom stereocenters. The lowest BCUT2D eigenvalue weighted by Gasteiger charge is -2.05. The van der Waals surface area contributed by atoms with Gasteiger partial charge in [0, 0.05) is 13.2 Å². The summed E-state index contributed by atoms with van der Waals surface area (Å²) in [5.41, 5.74) is 1.38. The number of hydrogen-bond donors (Lipinski definition) is 0. The summed E-state index contributed by atoms with van der Waals surface area (Å²) in [6.45, 7) is 0.140. The van der Waals surface area contributed by atoms with E-state index in [1.807, 2.05) is 24.3 Å². The summed E-state index contributed by atoms with van der Waals surface area (Å²) < 4.78 is 21.0. The van der Waals surface area contributed by atoms with E-state index in [4.69, 9.17) is 18.9 Å². The molecule has 1 aliphatic rings. The number of ketones is 1. The Kier molecular flexibility index (Phi) is 4.30. The maximum absolute atomic E-state index is 12.4. The zero-order valence-corrected chi connectivity index (χ0v) is 12.9. The molecule has 0 aliphatic carbocycles. The lowest BCUT2D eigenvalue weighted by Crippen LogP contribution is -1.99. The van der Waals surface area contributed by atoms with Crippen molar-refractivity contribution in [1.29, 1.82) is 0 Å². The molecule has 1 aliphatic heterocycles. The van der Waals surface area contributed by atoms with E-state index in [0.717, 1.165) is 11.3 Å². The van der Waals surface area contributed by atoms with Crippen molar-refractivity contribution in [1.82, 2.24) is 0 Å². The molecule has 2 aromatic carbocycles. The molecular weight excluding hydrogens is 296 g/mol. The standard InChI is InChI=1S/C18H16O5/c1-20-11-22-14-7-8-15-16(10-14)23-17(18(15)19)9-12-3-5-13(21-2)6-4-12/h3-10H,11H2,1-2H3/b17-9-. The van der Waals surface area contributed by atoms with Crippen LogP contribution >= 0.6 is 0 Å². The van der Waals surface area contributed by atoms with Crippen LogP contribution in [0.1, 0.15) is 15.9 Å². The summed E-state index contributed by atoms with van der Waals surface area (Å²) in [5.74, 6) is 1.98. The number of benzene rings is 2. The largest absolute Gasteiger partial charge is 0.497 e. The Hall–Kier alpha value is -2.79. The molecule has 0 bridgehead atoms. The Morgan fingerprint density at radius 2 is 1.78 bits per heavy atom. The number of allylic oxidation sites excluding steroid dienone is 1. The number of carbonyl (C=O) groups is 1. The van der Waals surface area contributed by atoms with Gasteiger partial charge in [0.05, 0.1) is 12.7 Å². The van der Waals surface area contributed by atoms with Crippen LogP contribution in [0.5, 0.6) is 17.2 Å². The average molecular weight is 312 g/mol. The minimum absolute atomic E-state index is 0.140. The van der Waals surface area contributed by atoms with Crippen LogP contribution in [0, 0.1) is 0 Å². The van der Waals surface area contributed by atoms with Crippen LogP contribution in [0.15, 0.2) is 48.2 Å². The Morgan fingerprint density at radius 3 is 2.48 bits per heavy atom. The number of rotatable bonds is 5. The van der Waals surface area contributed by atoms with Crippen molar-refractivity contribution < 1.29 is 23.7 Å². The lowest BCUT2D eigenvalue weighted by atomic mass is 10.1. The molecule has 0 atom stereocenters. The van der Waals surface area contributed by atoms with Gasteiger partial charge in [0.15, 0.2) is 12.6 Å². The molecule has 0 N–H and O–H groups in total. The summed E-state index contributed by atoms with van der Waals surface area (Å²) in [7, 11) is 3.15. The molecule has 0 aromatic heterocycles. The van der Waals surface area contributed by atoms with Crippen molar-refractivity contribution in [2.24, 2.45) is 0 Å². The monoisotopic (exact) mass is 312 g/mol. The van der Waals surface area contributed by atoms with Crippen molar-refractivity contribution in [3.05, 3.63) is 59.4 Å². The van der Waals surface area contributed by atoms with Crippen molar-refractivity contribution in [2.75, 3.05) is 21.0 Å². The van der Waals surface area contributed by atoms with E-state index < -0.39 is 0 Å². The van der Waals surface area contributed by atoms with E-state index in [1.165, 1.54) is 0 Å². The fraction of sp³-hybridized carbons (Fsp3) is 0.167. The van der Waals surface area contributed by atoms with Gasteiger partial charge >= 0.3 is 0 Å². The molecule has 23 heavy (non-hydrogen) atoms. The molecule has 0 saturated heterocycles. The fourth-order valence-corrected chi connectivity index (χ4v) is 2.24. The third-order valence-corrected chi connectivity index (χ3v) is 3.40. The van der Waals surface area contributed by atoms with E-state index in [2.05, 4.69) is 0 Å².